The Morgan fingerprint density at radius 1 is 1.33 bits per heavy atom. The van der Waals surface area contributed by atoms with E-state index in [1.54, 1.807) is 23.3 Å². The third kappa shape index (κ3) is 10.0. The van der Waals surface area contributed by atoms with Crippen LogP contribution in [0.4, 0.5) is 9.93 Å². The Morgan fingerprint density at radius 2 is 2.14 bits per heavy atom. The molecule has 3 rings (SSSR count). The van der Waals surface area contributed by atoms with Crippen molar-refractivity contribution in [2.45, 2.75) is 76.5 Å². The van der Waals surface area contributed by atoms with Gasteiger partial charge < -0.3 is 25.2 Å². The zero-order chi connectivity index (χ0) is 25.9. The third-order valence-electron chi connectivity index (χ3n) is 6.07. The number of amides is 1. The summed E-state index contributed by atoms with van der Waals surface area (Å²) < 4.78 is 14.2. The predicted octanol–water partition coefficient (Wildman–Crippen LogP) is 5.72. The van der Waals surface area contributed by atoms with Gasteiger partial charge in [-0.05, 0) is 67.7 Å². The van der Waals surface area contributed by atoms with Gasteiger partial charge >= 0.3 is 6.09 Å². The van der Waals surface area contributed by atoms with E-state index in [1.807, 2.05) is 6.92 Å². The number of aromatic nitrogens is 1. The maximum absolute atomic E-state index is 12.2. The lowest BCUT2D eigenvalue weighted by Crippen LogP contribution is -2.32. The van der Waals surface area contributed by atoms with E-state index in [2.05, 4.69) is 47.0 Å². The molecule has 1 saturated carbocycles. The van der Waals surface area contributed by atoms with Crippen LogP contribution in [0.2, 0.25) is 0 Å². The molecule has 1 fully saturated rings. The largest absolute Gasteiger partial charge is 0.420 e. The average Bonchev–Trinajstić information content (AvgIpc) is 3.57. The van der Waals surface area contributed by atoms with Crippen molar-refractivity contribution in [3.8, 4) is 0 Å². The summed E-state index contributed by atoms with van der Waals surface area (Å²) in [5.41, 5.74) is 1.04. The Hall–Kier alpha value is -1.59. The molecule has 2 atom stereocenters. The molecule has 1 aliphatic rings. The number of aliphatic hydroxyl groups is 1. The molecule has 2 unspecified atom stereocenters. The van der Waals surface area contributed by atoms with Crippen LogP contribution in [-0.2, 0) is 9.47 Å². The first-order chi connectivity index (χ1) is 17.4. The van der Waals surface area contributed by atoms with Gasteiger partial charge in [0.15, 0.2) is 5.13 Å². The normalized spacial score (nSPS) is 15.4. The molecule has 0 aliphatic heterocycles. The molecule has 1 heterocycles. The number of carbonyl (C=O) groups is 1. The molecule has 10 heteroatoms. The van der Waals surface area contributed by atoms with E-state index in [0.29, 0.717) is 24.9 Å². The zero-order valence-corrected chi connectivity index (χ0v) is 23.6. The monoisotopic (exact) mass is 538 g/mol. The van der Waals surface area contributed by atoms with Crippen LogP contribution in [0.1, 0.15) is 59.3 Å². The van der Waals surface area contributed by atoms with Gasteiger partial charge in [-0.15, -0.1) is 0 Å². The number of ether oxygens (including phenoxy) is 2. The second kappa shape index (κ2) is 15.0. The van der Waals surface area contributed by atoms with Crippen molar-refractivity contribution in [3.05, 3.63) is 18.2 Å². The van der Waals surface area contributed by atoms with Crippen LogP contribution in [0.3, 0.4) is 0 Å². The standard InChI is InChI=1S/C26H42N4O4S2/c1-5-19(17-31)7-12-24(33-4)34-26(32)27-13-6-14-30(16-18(2)3)36-21-10-11-22-23(15-21)35-25(29-22)28-20-8-9-20/h10-11,15,18-20,24,31H,5-9,12-14,16-17H2,1-4H3,(H,27,32)(H,28,29). The number of alkyl carbamates (subject to hydrolysis) is 1. The van der Waals surface area contributed by atoms with E-state index in [9.17, 15) is 9.90 Å². The Kier molecular flexibility index (Phi) is 12.1. The smallest absolute Gasteiger partial charge is 0.409 e. The molecule has 202 valence electrons. The topological polar surface area (TPSA) is 95.9 Å². The molecule has 2 aromatic rings. The second-order valence-corrected chi connectivity index (χ2v) is 12.0. The highest BCUT2D eigenvalue weighted by molar-refractivity contribution is 7.97. The van der Waals surface area contributed by atoms with Gasteiger partial charge in [-0.2, -0.15) is 0 Å². The number of benzene rings is 1. The van der Waals surface area contributed by atoms with Gasteiger partial charge in [0, 0.05) is 50.7 Å². The van der Waals surface area contributed by atoms with Crippen molar-refractivity contribution in [3.63, 3.8) is 0 Å². The summed E-state index contributed by atoms with van der Waals surface area (Å²) in [5, 5.41) is 16.7. The quantitative estimate of drug-likeness (QED) is 0.134. The Morgan fingerprint density at radius 3 is 2.81 bits per heavy atom. The molecule has 0 bridgehead atoms. The number of hydrogen-bond acceptors (Lipinski definition) is 9. The number of anilines is 1. The van der Waals surface area contributed by atoms with Gasteiger partial charge in [-0.3, -0.25) is 0 Å². The van der Waals surface area contributed by atoms with Crippen LogP contribution >= 0.6 is 23.3 Å². The summed E-state index contributed by atoms with van der Waals surface area (Å²) in [7, 11) is 1.53. The van der Waals surface area contributed by atoms with Crippen molar-refractivity contribution >= 4 is 44.7 Å². The fourth-order valence-electron chi connectivity index (χ4n) is 3.78. The second-order valence-electron chi connectivity index (χ2n) is 9.83. The van der Waals surface area contributed by atoms with Gasteiger partial charge in [0.1, 0.15) is 0 Å². The van der Waals surface area contributed by atoms with Crippen LogP contribution in [0.25, 0.3) is 10.2 Å². The van der Waals surface area contributed by atoms with Gasteiger partial charge in [0.25, 0.3) is 0 Å². The van der Waals surface area contributed by atoms with Crippen molar-refractivity contribution in [1.82, 2.24) is 14.6 Å². The first-order valence-electron chi connectivity index (χ1n) is 13.1. The highest BCUT2D eigenvalue weighted by atomic mass is 32.2. The minimum absolute atomic E-state index is 0.140. The Bertz CT molecular complexity index is 934. The molecule has 1 aliphatic carbocycles. The van der Waals surface area contributed by atoms with Crippen LogP contribution in [0, 0.1) is 11.8 Å². The molecular formula is C26H42N4O4S2. The number of methoxy groups -OCH3 is 1. The number of rotatable bonds is 17. The third-order valence-corrected chi connectivity index (χ3v) is 8.07. The molecule has 0 radical (unpaired) electrons. The predicted molar refractivity (Wildman–Crippen MR) is 149 cm³/mol. The number of thiazole rings is 1. The molecular weight excluding hydrogens is 496 g/mol. The van der Waals surface area contributed by atoms with E-state index in [0.717, 1.165) is 43.0 Å². The molecule has 8 nitrogen and oxygen atoms in total. The van der Waals surface area contributed by atoms with Crippen molar-refractivity contribution in [2.75, 3.05) is 38.7 Å². The summed E-state index contributed by atoms with van der Waals surface area (Å²) in [5.74, 6) is 0.738. The fourth-order valence-corrected chi connectivity index (χ4v) is 6.03. The SMILES string of the molecule is CCC(CO)CCC(OC)OC(=O)NCCCN(CC(C)C)Sc1ccc2nc(NC3CC3)sc2c1. The van der Waals surface area contributed by atoms with Crippen LogP contribution in [0.15, 0.2) is 23.1 Å². The highest BCUT2D eigenvalue weighted by Crippen LogP contribution is 2.34. The number of aliphatic hydroxyl groups excluding tert-OH is 1. The lowest BCUT2D eigenvalue weighted by atomic mass is 10.0. The summed E-state index contributed by atoms with van der Waals surface area (Å²) in [6.45, 7) is 8.95. The van der Waals surface area contributed by atoms with Gasteiger partial charge in [0.05, 0.1) is 10.2 Å². The van der Waals surface area contributed by atoms with E-state index in [-0.39, 0.29) is 12.5 Å². The van der Waals surface area contributed by atoms with Crippen LogP contribution in [0.5, 0.6) is 0 Å². The van der Waals surface area contributed by atoms with E-state index in [1.165, 1.54) is 29.5 Å². The van der Waals surface area contributed by atoms with Crippen molar-refractivity contribution < 1.29 is 19.4 Å². The van der Waals surface area contributed by atoms with E-state index < -0.39 is 12.4 Å². The van der Waals surface area contributed by atoms with Gasteiger partial charge in [-0.1, -0.05) is 38.5 Å². The minimum atomic E-state index is -0.597. The maximum atomic E-state index is 12.2. The number of nitrogens with zero attached hydrogens (tertiary/aromatic N) is 2. The van der Waals surface area contributed by atoms with Crippen molar-refractivity contribution in [1.29, 1.82) is 0 Å². The van der Waals surface area contributed by atoms with Gasteiger partial charge in [0.2, 0.25) is 6.29 Å². The van der Waals surface area contributed by atoms with Gasteiger partial charge in [-0.25, -0.2) is 14.1 Å². The Balaban J connectivity index is 1.43. The lowest BCUT2D eigenvalue weighted by Gasteiger charge is -2.23. The summed E-state index contributed by atoms with van der Waals surface area (Å²) in [6.07, 6.45) is 4.45. The minimum Gasteiger partial charge on any atom is -0.420 e. The first-order valence-corrected chi connectivity index (χ1v) is 14.7. The molecule has 1 aromatic heterocycles. The summed E-state index contributed by atoms with van der Waals surface area (Å²) >= 11 is 3.48. The molecule has 1 aromatic carbocycles. The van der Waals surface area contributed by atoms with Crippen LogP contribution < -0.4 is 10.6 Å². The zero-order valence-electron chi connectivity index (χ0n) is 22.0. The fraction of sp³-hybridized carbons (Fsp3) is 0.692. The number of carbonyl (C=O) groups excluding carboxylic acids is 1. The van der Waals surface area contributed by atoms with E-state index in [4.69, 9.17) is 14.5 Å². The number of fused-ring (bicyclic) bond motifs is 1. The van der Waals surface area contributed by atoms with Crippen LogP contribution in [-0.4, -0.2) is 66.2 Å². The van der Waals surface area contributed by atoms with Crippen molar-refractivity contribution in [2.24, 2.45) is 11.8 Å². The summed E-state index contributed by atoms with van der Waals surface area (Å²) in [4.78, 5) is 18.1. The molecule has 1 amide bonds. The van der Waals surface area contributed by atoms with E-state index >= 15 is 0 Å². The Labute approximate surface area is 223 Å². The number of hydrogen-bond donors (Lipinski definition) is 3. The maximum Gasteiger partial charge on any atom is 0.409 e. The average molecular weight is 539 g/mol. The molecule has 0 spiro atoms. The molecule has 36 heavy (non-hydrogen) atoms. The molecule has 3 N–H and O–H groups in total. The first kappa shape index (κ1) is 29.0. The summed E-state index contributed by atoms with van der Waals surface area (Å²) in [6, 6.07) is 7.07. The highest BCUT2D eigenvalue weighted by Gasteiger charge is 2.22. The lowest BCUT2D eigenvalue weighted by molar-refractivity contribution is -0.0886. The number of nitrogens with one attached hydrogen (secondary N) is 2. The molecule has 0 saturated heterocycles.